The molecule has 0 unspecified atom stereocenters. The maximum atomic E-state index is 14.7. The third kappa shape index (κ3) is 4.98. The third-order valence-corrected chi connectivity index (χ3v) is 8.31. The summed E-state index contributed by atoms with van der Waals surface area (Å²) in [5, 5.41) is 4.60. The Hall–Kier alpha value is -3.85. The van der Waals surface area contributed by atoms with E-state index in [9.17, 15) is 14.0 Å². The number of nitrogens with zero attached hydrogens (tertiary/aromatic N) is 3. The van der Waals surface area contributed by atoms with E-state index in [2.05, 4.69) is 10.3 Å². The van der Waals surface area contributed by atoms with Crippen LogP contribution in [0.3, 0.4) is 0 Å². The fourth-order valence-corrected chi connectivity index (χ4v) is 6.18. The molecule has 2 aliphatic rings. The molecule has 0 radical (unpaired) electrons. The van der Waals surface area contributed by atoms with Gasteiger partial charge in [0, 0.05) is 42.2 Å². The Morgan fingerprint density at radius 1 is 1.05 bits per heavy atom. The molecule has 2 amide bonds. The molecule has 6 rings (SSSR count). The molecule has 1 N–H and O–H groups in total. The summed E-state index contributed by atoms with van der Waals surface area (Å²) < 4.78 is 20.3. The van der Waals surface area contributed by atoms with Gasteiger partial charge in [-0.1, -0.05) is 36.4 Å². The Balaban J connectivity index is 1.19. The molecule has 1 saturated carbocycles. The second kappa shape index (κ2) is 10.5. The van der Waals surface area contributed by atoms with Gasteiger partial charge in [0.15, 0.2) is 5.75 Å². The van der Waals surface area contributed by atoms with Crippen molar-refractivity contribution in [1.29, 1.82) is 0 Å². The van der Waals surface area contributed by atoms with Crippen LogP contribution in [-0.2, 0) is 0 Å². The molecular weight excluding hydrogens is 503 g/mol. The topological polar surface area (TPSA) is 84.4 Å². The van der Waals surface area contributed by atoms with Crippen LogP contribution in [0.2, 0.25) is 0 Å². The largest absolute Gasteiger partial charge is 0.412 e. The smallest absolute Gasteiger partial charge is 0.408 e. The highest BCUT2D eigenvalue weighted by Crippen LogP contribution is 2.45. The maximum Gasteiger partial charge on any atom is 0.412 e. The van der Waals surface area contributed by atoms with E-state index in [1.54, 1.807) is 35.4 Å². The van der Waals surface area contributed by atoms with Gasteiger partial charge in [-0.15, -0.1) is 11.3 Å². The number of hydrogen-bond donors (Lipinski definition) is 1. The number of benzene rings is 2. The van der Waals surface area contributed by atoms with Crippen LogP contribution in [-0.4, -0.2) is 46.0 Å². The number of likely N-dealkylation sites (tertiary alicyclic amines) is 1. The number of carbonyl (C=O) groups is 2. The molecule has 1 aliphatic heterocycles. The Bertz CT molecular complexity index is 1500. The molecule has 1 aliphatic carbocycles. The van der Waals surface area contributed by atoms with Crippen LogP contribution < -0.4 is 10.1 Å². The van der Waals surface area contributed by atoms with Gasteiger partial charge in [-0.3, -0.25) is 9.78 Å². The zero-order chi connectivity index (χ0) is 26.1. The fraction of sp³-hybridized carbons (Fsp3) is 0.310. The van der Waals surface area contributed by atoms with Gasteiger partial charge in [0.05, 0.1) is 9.88 Å². The van der Waals surface area contributed by atoms with E-state index in [1.807, 2.05) is 24.3 Å². The summed E-state index contributed by atoms with van der Waals surface area (Å²) in [5.74, 6) is 0.144. The highest BCUT2D eigenvalue weighted by molar-refractivity contribution is 7.15. The van der Waals surface area contributed by atoms with E-state index in [0.29, 0.717) is 39.9 Å². The number of aromatic nitrogens is 2. The van der Waals surface area contributed by atoms with Crippen molar-refractivity contribution in [1.82, 2.24) is 20.2 Å². The Labute approximate surface area is 223 Å². The molecule has 1 saturated heterocycles. The summed E-state index contributed by atoms with van der Waals surface area (Å²) >= 11 is 1.42. The number of piperidine rings is 1. The van der Waals surface area contributed by atoms with E-state index < -0.39 is 6.09 Å². The molecular formula is C29H27FN4O3S. The van der Waals surface area contributed by atoms with E-state index >= 15 is 0 Å². The van der Waals surface area contributed by atoms with Crippen LogP contribution in [0.4, 0.5) is 9.18 Å². The van der Waals surface area contributed by atoms with Crippen molar-refractivity contribution in [2.45, 2.75) is 44.1 Å². The molecule has 2 aromatic heterocycles. The van der Waals surface area contributed by atoms with Crippen LogP contribution >= 0.6 is 11.3 Å². The lowest BCUT2D eigenvalue weighted by atomic mass is 10.0. The average molecular weight is 531 g/mol. The minimum atomic E-state index is -0.599. The first kappa shape index (κ1) is 24.5. The second-order valence-corrected chi connectivity index (χ2v) is 10.8. The van der Waals surface area contributed by atoms with Crippen molar-refractivity contribution in [2.75, 3.05) is 13.1 Å². The molecule has 2 aromatic carbocycles. The van der Waals surface area contributed by atoms with E-state index in [0.717, 1.165) is 42.5 Å². The van der Waals surface area contributed by atoms with Crippen molar-refractivity contribution < 1.29 is 18.7 Å². The summed E-state index contributed by atoms with van der Waals surface area (Å²) in [6.07, 6.45) is 5.70. The number of pyridine rings is 1. The Kier molecular flexibility index (Phi) is 6.76. The van der Waals surface area contributed by atoms with Gasteiger partial charge >= 0.3 is 6.09 Å². The summed E-state index contributed by atoms with van der Waals surface area (Å²) in [6, 6.07) is 15.5. The molecule has 38 heavy (non-hydrogen) atoms. The maximum absolute atomic E-state index is 14.7. The van der Waals surface area contributed by atoms with Crippen LogP contribution in [0.5, 0.6) is 5.75 Å². The van der Waals surface area contributed by atoms with Crippen molar-refractivity contribution in [2.24, 2.45) is 0 Å². The van der Waals surface area contributed by atoms with Crippen molar-refractivity contribution in [3.63, 3.8) is 0 Å². The van der Waals surface area contributed by atoms with Gasteiger partial charge in [0.1, 0.15) is 17.0 Å². The lowest BCUT2D eigenvalue weighted by Crippen LogP contribution is -2.50. The summed E-state index contributed by atoms with van der Waals surface area (Å²) in [7, 11) is 0. The van der Waals surface area contributed by atoms with Gasteiger partial charge in [0.2, 0.25) is 0 Å². The minimum Gasteiger partial charge on any atom is -0.408 e. The van der Waals surface area contributed by atoms with Gasteiger partial charge in [-0.05, 0) is 50.3 Å². The number of halogens is 1. The number of hydrogen-bond acceptors (Lipinski definition) is 6. The fourth-order valence-electron chi connectivity index (χ4n) is 4.93. The number of fused-ring (bicyclic) bond motifs is 1. The first-order valence-corrected chi connectivity index (χ1v) is 13.8. The average Bonchev–Trinajstić information content (AvgIpc) is 3.71. The second-order valence-electron chi connectivity index (χ2n) is 9.73. The van der Waals surface area contributed by atoms with Gasteiger partial charge < -0.3 is 15.0 Å². The molecule has 4 aromatic rings. The number of thiazole rings is 1. The summed E-state index contributed by atoms with van der Waals surface area (Å²) in [6.45, 7) is 0.803. The van der Waals surface area contributed by atoms with Crippen LogP contribution in [0.1, 0.15) is 53.5 Å². The van der Waals surface area contributed by atoms with Crippen LogP contribution in [0.25, 0.3) is 21.3 Å². The predicted molar refractivity (Wildman–Crippen MR) is 144 cm³/mol. The number of rotatable bonds is 6. The van der Waals surface area contributed by atoms with E-state index in [4.69, 9.17) is 9.72 Å². The van der Waals surface area contributed by atoms with Crippen molar-refractivity contribution in [3.05, 3.63) is 77.3 Å². The third-order valence-electron chi connectivity index (χ3n) is 7.06. The molecule has 0 bridgehead atoms. The van der Waals surface area contributed by atoms with E-state index in [-0.39, 0.29) is 24.3 Å². The molecule has 1 atom stereocenters. The monoisotopic (exact) mass is 530 g/mol. The number of carbonyl (C=O) groups excluding carboxylic acids is 2. The highest BCUT2D eigenvalue weighted by atomic mass is 32.1. The zero-order valence-electron chi connectivity index (χ0n) is 20.7. The number of amides is 2. The molecule has 2 fully saturated rings. The van der Waals surface area contributed by atoms with Gasteiger partial charge in [-0.2, -0.15) is 0 Å². The highest BCUT2D eigenvalue weighted by Gasteiger charge is 2.35. The van der Waals surface area contributed by atoms with Crippen LogP contribution in [0.15, 0.2) is 60.8 Å². The summed E-state index contributed by atoms with van der Waals surface area (Å²) in [5.41, 5.74) is 1.31. The first-order valence-electron chi connectivity index (χ1n) is 12.9. The molecule has 9 heteroatoms. The normalized spacial score (nSPS) is 17.4. The number of para-hydroxylation sites is 1. The standard InChI is InChI=1S/C29H27FN4O3S/c30-22-11-2-1-10-21(22)26-25(33-27(38-26)19-13-14-19)28(35)34-16-4-3-9-20(34)17-32-29(36)37-23-12-5-7-18-8-6-15-31-24(18)23/h1-2,5-8,10-12,15,19-20H,3-4,9,13-14,16-17H2,(H,32,36)/t20-/m0/s1. The molecule has 194 valence electrons. The Morgan fingerprint density at radius 2 is 1.89 bits per heavy atom. The molecule has 7 nitrogen and oxygen atoms in total. The van der Waals surface area contributed by atoms with Gasteiger partial charge in [0.25, 0.3) is 5.91 Å². The molecule has 3 heterocycles. The minimum absolute atomic E-state index is 0.214. The van der Waals surface area contributed by atoms with Gasteiger partial charge in [-0.25, -0.2) is 14.2 Å². The lowest BCUT2D eigenvalue weighted by Gasteiger charge is -2.35. The van der Waals surface area contributed by atoms with Crippen LogP contribution in [0, 0.1) is 5.82 Å². The van der Waals surface area contributed by atoms with E-state index in [1.165, 1.54) is 17.4 Å². The zero-order valence-corrected chi connectivity index (χ0v) is 21.5. The number of nitrogens with one attached hydrogen (secondary N) is 1. The number of ether oxygens (including phenoxy) is 1. The van der Waals surface area contributed by atoms with Crippen molar-refractivity contribution >= 4 is 34.2 Å². The SMILES string of the molecule is O=C(NC[C@@H]1CCCCN1C(=O)c1nc(C2CC2)sc1-c1ccccc1F)Oc1cccc2cccnc12. The predicted octanol–water partition coefficient (Wildman–Crippen LogP) is 6.16. The molecule has 0 spiro atoms. The quantitative estimate of drug-likeness (QED) is 0.323. The Morgan fingerprint density at radius 3 is 2.74 bits per heavy atom. The lowest BCUT2D eigenvalue weighted by molar-refractivity contribution is 0.0607. The first-order chi connectivity index (χ1) is 18.6. The van der Waals surface area contributed by atoms with Crippen molar-refractivity contribution in [3.8, 4) is 16.2 Å². The summed E-state index contributed by atoms with van der Waals surface area (Å²) in [4.78, 5) is 37.9.